The van der Waals surface area contributed by atoms with Gasteiger partial charge in [0.15, 0.2) is 17.2 Å². The van der Waals surface area contributed by atoms with E-state index in [4.69, 9.17) is 20.6 Å². The molecular weight excluding hydrogens is 559 g/mol. The van der Waals surface area contributed by atoms with E-state index in [0.717, 1.165) is 6.07 Å². The summed E-state index contributed by atoms with van der Waals surface area (Å²) in [7, 11) is 5.89. The van der Waals surface area contributed by atoms with Gasteiger partial charge in [-0.3, -0.25) is 24.1 Å². The molecule has 5 atom stereocenters. The number of carbonyl (C=O) groups excluding carboxylic acids is 4. The fraction of sp³-hybridized carbons (Fsp3) is 0.387. The molecule has 2 aromatic rings. The molecule has 0 bridgehead atoms. The fourth-order valence-electron chi connectivity index (χ4n) is 7.11. The van der Waals surface area contributed by atoms with Crippen LogP contribution in [0.5, 0.6) is 5.75 Å². The summed E-state index contributed by atoms with van der Waals surface area (Å²) in [5, 5.41) is 22.6. The highest BCUT2D eigenvalue weighted by Crippen LogP contribution is 2.54. The van der Waals surface area contributed by atoms with Crippen molar-refractivity contribution in [1.29, 1.82) is 5.41 Å². The third-order valence-electron chi connectivity index (χ3n) is 8.88. The molecule has 5 unspecified atom stereocenters. The van der Waals surface area contributed by atoms with Crippen molar-refractivity contribution in [3.05, 3.63) is 75.8 Å². The Hall–Kier alpha value is -4.42. The van der Waals surface area contributed by atoms with Gasteiger partial charge in [0.05, 0.1) is 24.4 Å². The van der Waals surface area contributed by atoms with Gasteiger partial charge in [0, 0.05) is 41.8 Å². The van der Waals surface area contributed by atoms with Crippen LogP contribution in [0.2, 0.25) is 0 Å². The van der Waals surface area contributed by atoms with Gasteiger partial charge in [-0.2, -0.15) is 0 Å². The second-order valence-electron chi connectivity index (χ2n) is 11.3. The number of phenols is 1. The number of phenolic OH excluding ortho intramolecular Hbond substituents is 1. The molecule has 5 N–H and O–H groups in total. The average Bonchev–Trinajstić information content (AvgIpc) is 2.97. The zero-order valence-electron chi connectivity index (χ0n) is 24.2. The van der Waals surface area contributed by atoms with E-state index in [1.54, 1.807) is 49.3 Å². The molecule has 0 aromatic heterocycles. The Kier molecular flexibility index (Phi) is 7.69. The summed E-state index contributed by atoms with van der Waals surface area (Å²) in [6.45, 7) is -0.233. The van der Waals surface area contributed by atoms with Gasteiger partial charge < -0.3 is 31.0 Å². The normalized spacial score (nSPS) is 26.5. The van der Waals surface area contributed by atoms with Gasteiger partial charge in [-0.05, 0) is 51.1 Å². The van der Waals surface area contributed by atoms with Gasteiger partial charge in [-0.25, -0.2) is 4.39 Å². The lowest BCUT2D eigenvalue weighted by molar-refractivity contribution is -0.143. The first-order chi connectivity index (χ1) is 20.4. The van der Waals surface area contributed by atoms with Crippen molar-refractivity contribution in [2.75, 3.05) is 28.3 Å². The zero-order valence-corrected chi connectivity index (χ0v) is 24.2. The molecule has 2 amide bonds. The Morgan fingerprint density at radius 3 is 2.47 bits per heavy atom. The van der Waals surface area contributed by atoms with Crippen LogP contribution in [-0.4, -0.2) is 79.1 Å². The van der Waals surface area contributed by atoms with E-state index in [-0.39, 0.29) is 47.4 Å². The Bertz CT molecular complexity index is 1590. The van der Waals surface area contributed by atoms with Crippen LogP contribution < -0.4 is 11.1 Å². The molecule has 12 heteroatoms. The number of ether oxygens (including phenoxy) is 2. The van der Waals surface area contributed by atoms with E-state index in [0.29, 0.717) is 5.56 Å². The molecule has 1 fully saturated rings. The second kappa shape index (κ2) is 11.0. The minimum Gasteiger partial charge on any atom is -0.507 e. The van der Waals surface area contributed by atoms with Crippen LogP contribution in [0.15, 0.2) is 47.7 Å². The monoisotopic (exact) mass is 592 g/mol. The maximum Gasteiger partial charge on any atom is 0.251 e. The van der Waals surface area contributed by atoms with Crippen molar-refractivity contribution < 1.29 is 38.1 Å². The predicted molar refractivity (Wildman–Crippen MR) is 152 cm³/mol. The molecule has 0 heterocycles. The molecule has 43 heavy (non-hydrogen) atoms. The number of allylic oxidation sites excluding steroid dienone is 1. The van der Waals surface area contributed by atoms with Crippen LogP contribution in [0.1, 0.15) is 38.3 Å². The number of Topliss-reactive ketones (excluding diaryl/α,β-unsaturated/α-hetero) is 2. The third-order valence-corrected chi connectivity index (χ3v) is 8.88. The van der Waals surface area contributed by atoms with Gasteiger partial charge in [0.2, 0.25) is 5.91 Å². The second-order valence-corrected chi connectivity index (χ2v) is 11.3. The van der Waals surface area contributed by atoms with Crippen molar-refractivity contribution in [2.24, 2.45) is 23.5 Å². The highest BCUT2D eigenvalue weighted by Gasteiger charge is 2.66. The maximum absolute atomic E-state index is 16.0. The number of fused-ring (bicyclic) bond motifs is 3. The summed E-state index contributed by atoms with van der Waals surface area (Å²) in [4.78, 5) is 54.2. The van der Waals surface area contributed by atoms with Gasteiger partial charge in [0.25, 0.3) is 5.91 Å². The fourth-order valence-corrected chi connectivity index (χ4v) is 7.11. The smallest absolute Gasteiger partial charge is 0.251 e. The number of likely N-dealkylation sites (N-methyl/N-ethyl adjacent to an activating group) is 1. The van der Waals surface area contributed by atoms with Crippen LogP contribution in [-0.2, 0) is 32.0 Å². The summed E-state index contributed by atoms with van der Waals surface area (Å²) in [6.07, 6.45) is 0.0825. The van der Waals surface area contributed by atoms with Gasteiger partial charge >= 0.3 is 0 Å². The Morgan fingerprint density at radius 1 is 1.21 bits per heavy atom. The molecule has 226 valence electrons. The van der Waals surface area contributed by atoms with Crippen molar-refractivity contribution in [1.82, 2.24) is 10.2 Å². The molecule has 11 nitrogen and oxygen atoms in total. The van der Waals surface area contributed by atoms with Gasteiger partial charge in [-0.1, -0.05) is 18.2 Å². The molecule has 0 aliphatic heterocycles. The average molecular weight is 593 g/mol. The Morgan fingerprint density at radius 2 is 1.88 bits per heavy atom. The minimum absolute atomic E-state index is 0.000126. The molecule has 0 spiro atoms. The number of ketones is 2. The van der Waals surface area contributed by atoms with E-state index in [1.165, 1.54) is 14.2 Å². The Labute approximate surface area is 247 Å². The molecule has 3 aliphatic rings. The molecule has 1 saturated carbocycles. The maximum atomic E-state index is 16.0. The zero-order chi connectivity index (χ0) is 31.4. The van der Waals surface area contributed by atoms with Crippen LogP contribution in [0.3, 0.4) is 0 Å². The SMILES string of the molecule is COC1=C2C(=O)c3c(O)cc(CNC(=O)c4ccccc4)c(F)c3CC2CC2C(N(C)C)C(=O)C(C(N)=O)C(=N)C12OC. The van der Waals surface area contributed by atoms with Gasteiger partial charge in [-0.15, -0.1) is 0 Å². The van der Waals surface area contributed by atoms with E-state index in [2.05, 4.69) is 5.32 Å². The summed E-state index contributed by atoms with van der Waals surface area (Å²) < 4.78 is 27.7. The van der Waals surface area contributed by atoms with Crippen molar-refractivity contribution in [2.45, 2.75) is 31.0 Å². The van der Waals surface area contributed by atoms with Crippen molar-refractivity contribution in [3.63, 3.8) is 0 Å². The quantitative estimate of drug-likeness (QED) is 0.352. The van der Waals surface area contributed by atoms with Crippen molar-refractivity contribution in [3.8, 4) is 5.75 Å². The lowest BCUT2D eigenvalue weighted by Crippen LogP contribution is -2.70. The number of nitrogens with one attached hydrogen (secondary N) is 2. The topological polar surface area (TPSA) is 172 Å². The molecule has 0 radical (unpaired) electrons. The number of amides is 2. The Balaban J connectivity index is 1.61. The van der Waals surface area contributed by atoms with E-state index in [1.807, 2.05) is 0 Å². The lowest BCUT2D eigenvalue weighted by atomic mass is 9.56. The first-order valence-electron chi connectivity index (χ1n) is 13.7. The van der Waals surface area contributed by atoms with Crippen LogP contribution >= 0.6 is 0 Å². The number of nitrogens with two attached hydrogens (primary N) is 1. The lowest BCUT2D eigenvalue weighted by Gasteiger charge is -2.54. The molecule has 3 aliphatic carbocycles. The standard InChI is InChI=1S/C31H33FN4O7/c1-36(2)24-18-11-15-10-17-21(19(37)12-16(23(17)32)13-35-30(41)14-8-6-5-7-9-14)25(38)20(15)28(42-3)31(18,43-4)27(33)22(26(24)39)29(34)40/h5-9,12,15,18,22,24,33,37H,10-11,13H2,1-4H3,(H2,34,40)(H,35,41). The third kappa shape index (κ3) is 4.43. The number of primary amides is 1. The van der Waals surface area contributed by atoms with E-state index < -0.39 is 70.1 Å². The molecule has 0 saturated heterocycles. The van der Waals surface area contributed by atoms with Crippen LogP contribution in [0.4, 0.5) is 4.39 Å². The number of nitrogens with zero attached hydrogens (tertiary/aromatic N) is 1. The predicted octanol–water partition coefficient (Wildman–Crippen LogP) is 1.76. The number of carbonyl (C=O) groups is 4. The number of halogens is 1. The number of hydrogen-bond donors (Lipinski definition) is 4. The molecular formula is C31H33FN4O7. The first kappa shape index (κ1) is 30.1. The largest absolute Gasteiger partial charge is 0.507 e. The number of benzene rings is 2. The number of methoxy groups -OCH3 is 2. The highest BCUT2D eigenvalue weighted by atomic mass is 19.1. The summed E-state index contributed by atoms with van der Waals surface area (Å²) >= 11 is 0. The molecule has 5 rings (SSSR count). The summed E-state index contributed by atoms with van der Waals surface area (Å²) in [6, 6.07) is 8.55. The van der Waals surface area contributed by atoms with E-state index in [9.17, 15) is 24.3 Å². The highest BCUT2D eigenvalue weighted by molar-refractivity contribution is 6.26. The van der Waals surface area contributed by atoms with Crippen LogP contribution in [0, 0.1) is 29.0 Å². The number of rotatable bonds is 7. The summed E-state index contributed by atoms with van der Waals surface area (Å²) in [5.74, 6) is -7.08. The van der Waals surface area contributed by atoms with Crippen LogP contribution in [0.25, 0.3) is 0 Å². The molecule has 2 aromatic carbocycles. The minimum atomic E-state index is -1.79. The number of hydrogen-bond acceptors (Lipinski definition) is 9. The first-order valence-corrected chi connectivity index (χ1v) is 13.7. The van der Waals surface area contributed by atoms with Crippen molar-refractivity contribution >= 4 is 29.1 Å². The summed E-state index contributed by atoms with van der Waals surface area (Å²) in [5.41, 5.74) is 3.55. The van der Waals surface area contributed by atoms with Gasteiger partial charge in [0.1, 0.15) is 23.2 Å². The van der Waals surface area contributed by atoms with E-state index >= 15 is 4.39 Å². The number of aromatic hydroxyl groups is 1.